The largest absolute Gasteiger partial charge is 0.394 e. The highest BCUT2D eigenvalue weighted by atomic mass is 16.5. The van der Waals surface area contributed by atoms with Crippen molar-refractivity contribution in [2.45, 2.75) is 6.04 Å². The number of anilines is 2. The second kappa shape index (κ2) is 5.35. The van der Waals surface area contributed by atoms with E-state index >= 15 is 0 Å². The first kappa shape index (κ1) is 12.7. The average molecular weight is 278 g/mol. The molecule has 0 amide bonds. The van der Waals surface area contributed by atoms with Crippen molar-refractivity contribution < 1.29 is 9.84 Å². The highest BCUT2D eigenvalue weighted by Crippen LogP contribution is 2.16. The van der Waals surface area contributed by atoms with Crippen LogP contribution in [0.2, 0.25) is 0 Å². The summed E-state index contributed by atoms with van der Waals surface area (Å²) in [5.74, 6) is 0.766. The summed E-state index contributed by atoms with van der Waals surface area (Å²) in [6.45, 7) is 1.48. The summed E-state index contributed by atoms with van der Waals surface area (Å²) in [5, 5.41) is 13.4. The van der Waals surface area contributed by atoms with Gasteiger partial charge in [0.2, 0.25) is 11.9 Å². The van der Waals surface area contributed by atoms with Crippen LogP contribution in [0.5, 0.6) is 0 Å². The number of nitrogens with two attached hydrogens (primary N) is 1. The summed E-state index contributed by atoms with van der Waals surface area (Å²) in [6, 6.07) is -0.200. The van der Waals surface area contributed by atoms with E-state index in [0.29, 0.717) is 25.7 Å². The van der Waals surface area contributed by atoms with Gasteiger partial charge in [-0.25, -0.2) is 4.98 Å². The molecule has 0 radical (unpaired) electrons. The Labute approximate surface area is 114 Å². The van der Waals surface area contributed by atoms with E-state index in [0.717, 1.165) is 0 Å². The zero-order valence-corrected chi connectivity index (χ0v) is 10.6. The molecule has 2 aromatic heterocycles. The first-order valence-electron chi connectivity index (χ1n) is 6.09. The number of nitrogens with zero attached hydrogens (tertiary/aromatic N) is 7. The van der Waals surface area contributed by atoms with E-state index in [9.17, 15) is 5.11 Å². The van der Waals surface area contributed by atoms with Crippen LogP contribution < -0.4 is 10.6 Å². The molecule has 0 aromatic carbocycles. The predicted octanol–water partition coefficient (Wildman–Crippen LogP) is -1.77. The third-order valence-corrected chi connectivity index (χ3v) is 2.95. The first-order chi connectivity index (χ1) is 9.78. The van der Waals surface area contributed by atoms with Gasteiger partial charge in [0.25, 0.3) is 5.95 Å². The number of aliphatic hydroxyl groups is 1. The zero-order chi connectivity index (χ0) is 13.9. The van der Waals surface area contributed by atoms with Crippen molar-refractivity contribution >= 4 is 11.9 Å². The van der Waals surface area contributed by atoms with Crippen molar-refractivity contribution in [3.05, 3.63) is 12.7 Å². The van der Waals surface area contributed by atoms with E-state index in [-0.39, 0.29) is 24.5 Å². The van der Waals surface area contributed by atoms with Crippen LogP contribution in [0.25, 0.3) is 5.95 Å². The van der Waals surface area contributed by atoms with Gasteiger partial charge in [-0.1, -0.05) is 0 Å². The Morgan fingerprint density at radius 2 is 2.20 bits per heavy atom. The molecule has 3 rings (SSSR count). The fourth-order valence-electron chi connectivity index (χ4n) is 1.98. The lowest BCUT2D eigenvalue weighted by Gasteiger charge is -2.34. The monoisotopic (exact) mass is 278 g/mol. The van der Waals surface area contributed by atoms with Gasteiger partial charge in [0.15, 0.2) is 0 Å². The molecular weight excluding hydrogens is 264 g/mol. The highest BCUT2D eigenvalue weighted by molar-refractivity contribution is 5.39. The van der Waals surface area contributed by atoms with Crippen molar-refractivity contribution in [1.82, 2.24) is 29.7 Å². The van der Waals surface area contributed by atoms with Crippen LogP contribution in [0.15, 0.2) is 12.7 Å². The molecule has 0 aliphatic carbocycles. The van der Waals surface area contributed by atoms with Crippen LogP contribution in [0.3, 0.4) is 0 Å². The standard InChI is InChI=1S/C10H14N8O2/c11-8-14-9(17-1-2-20-4-7(17)3-19)16-10(15-8)18-6-12-5-13-18/h5-7,19H,1-4H2,(H2,11,14,15,16). The third-order valence-electron chi connectivity index (χ3n) is 2.95. The summed E-state index contributed by atoms with van der Waals surface area (Å²) in [4.78, 5) is 18.1. The van der Waals surface area contributed by atoms with Crippen LogP contribution in [0.4, 0.5) is 11.9 Å². The quantitative estimate of drug-likeness (QED) is 0.670. The summed E-state index contributed by atoms with van der Waals surface area (Å²) in [5.41, 5.74) is 5.71. The predicted molar refractivity (Wildman–Crippen MR) is 68.2 cm³/mol. The van der Waals surface area contributed by atoms with E-state index in [1.807, 2.05) is 4.90 Å². The first-order valence-corrected chi connectivity index (χ1v) is 6.09. The number of hydrogen-bond donors (Lipinski definition) is 2. The Balaban J connectivity index is 1.96. The summed E-state index contributed by atoms with van der Waals surface area (Å²) in [7, 11) is 0. The number of ether oxygens (including phenoxy) is 1. The maximum absolute atomic E-state index is 9.39. The second-order valence-electron chi connectivity index (χ2n) is 4.24. The minimum atomic E-state index is -0.200. The lowest BCUT2D eigenvalue weighted by Crippen LogP contribution is -2.48. The van der Waals surface area contributed by atoms with Gasteiger partial charge in [0.1, 0.15) is 12.7 Å². The zero-order valence-electron chi connectivity index (χ0n) is 10.6. The topological polar surface area (TPSA) is 128 Å². The lowest BCUT2D eigenvalue weighted by atomic mass is 10.2. The SMILES string of the molecule is Nc1nc(N2CCOCC2CO)nc(-n2cncn2)n1. The molecule has 1 fully saturated rings. The second-order valence-corrected chi connectivity index (χ2v) is 4.24. The molecule has 20 heavy (non-hydrogen) atoms. The summed E-state index contributed by atoms with van der Waals surface area (Å²) in [6.07, 6.45) is 2.85. The normalized spacial score (nSPS) is 19.2. The third kappa shape index (κ3) is 2.38. The fraction of sp³-hybridized carbons (Fsp3) is 0.500. The summed E-state index contributed by atoms with van der Waals surface area (Å²) >= 11 is 0. The minimum absolute atomic E-state index is 0.0513. The molecule has 1 atom stereocenters. The molecule has 0 bridgehead atoms. The fourth-order valence-corrected chi connectivity index (χ4v) is 1.98. The van der Waals surface area contributed by atoms with E-state index in [1.165, 1.54) is 17.3 Å². The number of aromatic nitrogens is 6. The van der Waals surface area contributed by atoms with E-state index in [1.54, 1.807) is 0 Å². The van der Waals surface area contributed by atoms with Crippen molar-refractivity contribution in [3.63, 3.8) is 0 Å². The molecule has 1 aliphatic rings. The van der Waals surface area contributed by atoms with E-state index in [4.69, 9.17) is 10.5 Å². The van der Waals surface area contributed by atoms with Crippen LogP contribution in [0, 0.1) is 0 Å². The van der Waals surface area contributed by atoms with E-state index in [2.05, 4.69) is 25.0 Å². The molecule has 2 aromatic rings. The number of morpholine rings is 1. The van der Waals surface area contributed by atoms with Gasteiger partial charge in [-0.15, -0.1) is 0 Å². The molecular formula is C10H14N8O2. The summed E-state index contributed by atoms with van der Waals surface area (Å²) < 4.78 is 6.72. The maximum Gasteiger partial charge on any atom is 0.258 e. The van der Waals surface area contributed by atoms with Gasteiger partial charge in [-0.05, 0) is 0 Å². The molecule has 106 valence electrons. The molecule has 0 spiro atoms. The average Bonchev–Trinajstić information content (AvgIpc) is 3.01. The van der Waals surface area contributed by atoms with Gasteiger partial charge in [-0.2, -0.15) is 24.7 Å². The van der Waals surface area contributed by atoms with Crippen molar-refractivity contribution in [2.24, 2.45) is 0 Å². The van der Waals surface area contributed by atoms with Crippen LogP contribution >= 0.6 is 0 Å². The van der Waals surface area contributed by atoms with Gasteiger partial charge in [-0.3, -0.25) is 0 Å². The maximum atomic E-state index is 9.39. The number of hydrogen-bond acceptors (Lipinski definition) is 9. The van der Waals surface area contributed by atoms with Crippen molar-refractivity contribution in [2.75, 3.05) is 37.0 Å². The number of aliphatic hydroxyl groups excluding tert-OH is 1. The number of nitrogen functional groups attached to an aromatic ring is 1. The van der Waals surface area contributed by atoms with Crippen LogP contribution in [-0.2, 0) is 4.74 Å². The minimum Gasteiger partial charge on any atom is -0.394 e. The lowest BCUT2D eigenvalue weighted by molar-refractivity contribution is 0.0718. The molecule has 10 nitrogen and oxygen atoms in total. The van der Waals surface area contributed by atoms with Gasteiger partial charge in [0, 0.05) is 6.54 Å². The Morgan fingerprint density at radius 1 is 1.35 bits per heavy atom. The smallest absolute Gasteiger partial charge is 0.258 e. The molecule has 3 heterocycles. The highest BCUT2D eigenvalue weighted by Gasteiger charge is 2.25. The Kier molecular flexibility index (Phi) is 3.39. The van der Waals surface area contributed by atoms with Gasteiger partial charge in [0.05, 0.1) is 25.9 Å². The molecule has 1 aliphatic heterocycles. The molecule has 1 saturated heterocycles. The molecule has 3 N–H and O–H groups in total. The van der Waals surface area contributed by atoms with Crippen molar-refractivity contribution in [1.29, 1.82) is 0 Å². The van der Waals surface area contributed by atoms with Gasteiger partial charge < -0.3 is 20.5 Å². The molecule has 0 saturated carbocycles. The number of rotatable bonds is 3. The van der Waals surface area contributed by atoms with E-state index < -0.39 is 0 Å². The van der Waals surface area contributed by atoms with Crippen LogP contribution in [-0.4, -0.2) is 67.2 Å². The Morgan fingerprint density at radius 3 is 2.95 bits per heavy atom. The Hall–Kier alpha value is -2.33. The van der Waals surface area contributed by atoms with Crippen molar-refractivity contribution in [3.8, 4) is 5.95 Å². The van der Waals surface area contributed by atoms with Gasteiger partial charge >= 0.3 is 0 Å². The Bertz CT molecular complexity index is 575. The molecule has 1 unspecified atom stereocenters. The molecule has 10 heteroatoms. The van der Waals surface area contributed by atoms with Crippen LogP contribution in [0.1, 0.15) is 0 Å².